The van der Waals surface area contributed by atoms with Crippen molar-refractivity contribution in [1.82, 2.24) is 4.98 Å². The first-order valence-corrected chi connectivity index (χ1v) is 8.13. The van der Waals surface area contributed by atoms with Crippen molar-refractivity contribution in [3.8, 4) is 5.75 Å². The molecular formula is C17H21ClN2O. The molecule has 0 bridgehead atoms. The van der Waals surface area contributed by atoms with Crippen molar-refractivity contribution in [2.24, 2.45) is 0 Å². The minimum Gasteiger partial charge on any atom is -0.496 e. The number of rotatable bonds is 4. The molecule has 1 atom stereocenters. The highest BCUT2D eigenvalue weighted by Crippen LogP contribution is 2.34. The van der Waals surface area contributed by atoms with E-state index in [-0.39, 0.29) is 0 Å². The summed E-state index contributed by atoms with van der Waals surface area (Å²) in [6, 6.07) is 8.69. The molecule has 21 heavy (non-hydrogen) atoms. The first-order chi connectivity index (χ1) is 10.3. The lowest BCUT2D eigenvalue weighted by Crippen LogP contribution is -2.40. The zero-order valence-electron chi connectivity index (χ0n) is 12.4. The van der Waals surface area contributed by atoms with Gasteiger partial charge in [0.2, 0.25) is 0 Å². The maximum absolute atomic E-state index is 5.99. The standard InChI is InChI=1S/C17H21ClN2O/c1-21-16-7-4-6-15-14(16)9-11-19-17(15)20-12-3-2-5-13(20)8-10-18/h4,6-7,9,11,13H,2-3,5,8,10,12H2,1H3. The van der Waals surface area contributed by atoms with Gasteiger partial charge in [-0.25, -0.2) is 4.98 Å². The van der Waals surface area contributed by atoms with Crippen LogP contribution in [0.15, 0.2) is 30.5 Å². The molecule has 112 valence electrons. The van der Waals surface area contributed by atoms with Crippen molar-refractivity contribution in [3.05, 3.63) is 30.5 Å². The number of alkyl halides is 1. The highest BCUT2D eigenvalue weighted by Gasteiger charge is 2.24. The fourth-order valence-corrected chi connectivity index (χ4v) is 3.53. The van der Waals surface area contributed by atoms with Gasteiger partial charge in [0, 0.05) is 35.4 Å². The van der Waals surface area contributed by atoms with Crippen molar-refractivity contribution in [2.75, 3.05) is 24.4 Å². The molecule has 3 rings (SSSR count). The second kappa shape index (κ2) is 6.52. The largest absolute Gasteiger partial charge is 0.496 e. The lowest BCUT2D eigenvalue weighted by atomic mass is 9.99. The van der Waals surface area contributed by atoms with Gasteiger partial charge in [-0.15, -0.1) is 11.6 Å². The van der Waals surface area contributed by atoms with Gasteiger partial charge in [0.15, 0.2) is 0 Å². The smallest absolute Gasteiger partial charge is 0.136 e. The van der Waals surface area contributed by atoms with Crippen LogP contribution in [0.4, 0.5) is 5.82 Å². The number of methoxy groups -OCH3 is 1. The molecule has 3 nitrogen and oxygen atoms in total. The van der Waals surface area contributed by atoms with Crippen LogP contribution in [0.3, 0.4) is 0 Å². The van der Waals surface area contributed by atoms with Gasteiger partial charge in [-0.1, -0.05) is 12.1 Å². The van der Waals surface area contributed by atoms with E-state index >= 15 is 0 Å². The van der Waals surface area contributed by atoms with Crippen LogP contribution in [0.1, 0.15) is 25.7 Å². The Labute approximate surface area is 130 Å². The highest BCUT2D eigenvalue weighted by molar-refractivity contribution is 6.17. The van der Waals surface area contributed by atoms with Crippen LogP contribution >= 0.6 is 11.6 Å². The Hall–Kier alpha value is -1.48. The fraction of sp³-hybridized carbons (Fsp3) is 0.471. The molecule has 1 aliphatic rings. The van der Waals surface area contributed by atoms with E-state index in [0.29, 0.717) is 11.9 Å². The Balaban J connectivity index is 2.06. The summed E-state index contributed by atoms with van der Waals surface area (Å²) in [4.78, 5) is 7.10. The van der Waals surface area contributed by atoms with Gasteiger partial charge in [-0.3, -0.25) is 0 Å². The first kappa shape index (κ1) is 14.5. The molecule has 1 fully saturated rings. The topological polar surface area (TPSA) is 25.4 Å². The van der Waals surface area contributed by atoms with E-state index in [9.17, 15) is 0 Å². The molecule has 0 spiro atoms. The van der Waals surface area contributed by atoms with Crippen LogP contribution < -0.4 is 9.64 Å². The summed E-state index contributed by atoms with van der Waals surface area (Å²) in [6.07, 6.45) is 6.61. The first-order valence-electron chi connectivity index (χ1n) is 7.59. The van der Waals surface area contributed by atoms with Crippen LogP contribution in [-0.4, -0.2) is 30.6 Å². The monoisotopic (exact) mass is 304 g/mol. The Kier molecular flexibility index (Phi) is 4.49. The molecule has 0 radical (unpaired) electrons. The summed E-state index contributed by atoms with van der Waals surface area (Å²) in [5.74, 6) is 2.68. The normalized spacial score (nSPS) is 19.0. The van der Waals surface area contributed by atoms with Crippen LogP contribution in [0, 0.1) is 0 Å². The van der Waals surface area contributed by atoms with Crippen LogP contribution in [0.25, 0.3) is 10.8 Å². The quantitative estimate of drug-likeness (QED) is 0.790. The Morgan fingerprint density at radius 2 is 2.19 bits per heavy atom. The number of anilines is 1. The molecule has 4 heteroatoms. The average molecular weight is 305 g/mol. The third kappa shape index (κ3) is 2.80. The van der Waals surface area contributed by atoms with Gasteiger partial charge in [-0.05, 0) is 37.8 Å². The van der Waals surface area contributed by atoms with E-state index in [0.717, 1.165) is 29.9 Å². The maximum Gasteiger partial charge on any atom is 0.136 e. The predicted octanol–water partition coefficient (Wildman–Crippen LogP) is 4.23. The second-order valence-electron chi connectivity index (χ2n) is 5.51. The minimum atomic E-state index is 0.501. The summed E-state index contributed by atoms with van der Waals surface area (Å²) in [5, 5.41) is 2.29. The second-order valence-corrected chi connectivity index (χ2v) is 5.89. The zero-order chi connectivity index (χ0) is 14.7. The van der Waals surface area contributed by atoms with Gasteiger partial charge in [0.1, 0.15) is 11.6 Å². The zero-order valence-corrected chi connectivity index (χ0v) is 13.1. The van der Waals surface area contributed by atoms with Gasteiger partial charge >= 0.3 is 0 Å². The summed E-state index contributed by atoms with van der Waals surface area (Å²) in [7, 11) is 1.71. The number of benzene rings is 1. The highest BCUT2D eigenvalue weighted by atomic mass is 35.5. The van der Waals surface area contributed by atoms with E-state index in [1.807, 2.05) is 24.4 Å². The number of ether oxygens (including phenoxy) is 1. The number of pyridine rings is 1. The van der Waals surface area contributed by atoms with E-state index in [4.69, 9.17) is 16.3 Å². The number of aromatic nitrogens is 1. The van der Waals surface area contributed by atoms with Gasteiger partial charge in [0.05, 0.1) is 7.11 Å². The van der Waals surface area contributed by atoms with Crippen LogP contribution in [0.5, 0.6) is 5.75 Å². The van der Waals surface area contributed by atoms with E-state index in [1.165, 1.54) is 24.6 Å². The lowest BCUT2D eigenvalue weighted by Gasteiger charge is -2.37. The molecule has 2 aromatic rings. The maximum atomic E-state index is 5.99. The van der Waals surface area contributed by atoms with E-state index < -0.39 is 0 Å². The van der Waals surface area contributed by atoms with Crippen molar-refractivity contribution in [3.63, 3.8) is 0 Å². The van der Waals surface area contributed by atoms with Crippen molar-refractivity contribution in [1.29, 1.82) is 0 Å². The predicted molar refractivity (Wildman–Crippen MR) is 88.6 cm³/mol. The van der Waals surface area contributed by atoms with E-state index in [1.54, 1.807) is 7.11 Å². The molecule has 1 aromatic carbocycles. The molecule has 1 aromatic heterocycles. The summed E-state index contributed by atoms with van der Waals surface area (Å²) in [6.45, 7) is 1.06. The molecule has 0 aliphatic carbocycles. The molecule has 1 unspecified atom stereocenters. The number of halogens is 1. The van der Waals surface area contributed by atoms with E-state index in [2.05, 4.69) is 16.0 Å². The van der Waals surface area contributed by atoms with Crippen molar-refractivity contribution >= 4 is 28.2 Å². The average Bonchev–Trinajstić information content (AvgIpc) is 2.54. The van der Waals surface area contributed by atoms with Gasteiger partial charge in [0.25, 0.3) is 0 Å². The number of hydrogen-bond acceptors (Lipinski definition) is 3. The number of hydrogen-bond donors (Lipinski definition) is 0. The fourth-order valence-electron chi connectivity index (χ4n) is 3.28. The van der Waals surface area contributed by atoms with Crippen LogP contribution in [-0.2, 0) is 0 Å². The van der Waals surface area contributed by atoms with Crippen molar-refractivity contribution in [2.45, 2.75) is 31.7 Å². The van der Waals surface area contributed by atoms with Crippen molar-refractivity contribution < 1.29 is 4.74 Å². The minimum absolute atomic E-state index is 0.501. The Bertz CT molecular complexity index is 615. The summed E-state index contributed by atoms with van der Waals surface area (Å²) in [5.41, 5.74) is 0. The molecule has 0 saturated carbocycles. The Morgan fingerprint density at radius 3 is 3.00 bits per heavy atom. The van der Waals surface area contributed by atoms with Gasteiger partial charge < -0.3 is 9.64 Å². The number of nitrogens with zero attached hydrogens (tertiary/aromatic N) is 2. The molecule has 0 N–H and O–H groups in total. The summed E-state index contributed by atoms with van der Waals surface area (Å²) >= 11 is 5.99. The third-order valence-corrected chi connectivity index (χ3v) is 4.52. The number of piperidine rings is 1. The summed E-state index contributed by atoms with van der Waals surface area (Å²) < 4.78 is 5.48. The molecule has 1 aliphatic heterocycles. The molecule has 0 amide bonds. The van der Waals surface area contributed by atoms with Gasteiger partial charge in [-0.2, -0.15) is 0 Å². The molecule has 1 saturated heterocycles. The SMILES string of the molecule is COc1cccc2c(N3CCCCC3CCCl)nccc12. The third-order valence-electron chi connectivity index (χ3n) is 4.31. The molecular weight excluding hydrogens is 284 g/mol. The van der Waals surface area contributed by atoms with Crippen LogP contribution in [0.2, 0.25) is 0 Å². The Morgan fingerprint density at radius 1 is 1.29 bits per heavy atom. The number of fused-ring (bicyclic) bond motifs is 1. The lowest BCUT2D eigenvalue weighted by molar-refractivity contribution is 0.419. The molecule has 2 heterocycles.